The molecule has 7 nitrogen and oxygen atoms in total. The zero-order valence-electron chi connectivity index (χ0n) is 12.5. The Labute approximate surface area is 124 Å². The lowest BCUT2D eigenvalue weighted by molar-refractivity contribution is -0.151. The van der Waals surface area contributed by atoms with Crippen LogP contribution in [0.1, 0.15) is 31.4 Å². The summed E-state index contributed by atoms with van der Waals surface area (Å²) in [6.07, 6.45) is 4.87. The van der Waals surface area contributed by atoms with Gasteiger partial charge in [-0.1, -0.05) is 0 Å². The standard InChI is InChI=1S/C14H22N4O3/c1-3-21-14(20)10-5-4-6-18(9-10)13(19)12(15)11-7-16-17(2)8-11/h7-8,10,12H,3-6,9,15H2,1-2H3. The normalized spacial score (nSPS) is 20.1. The van der Waals surface area contributed by atoms with E-state index in [0.717, 1.165) is 12.8 Å². The maximum absolute atomic E-state index is 12.4. The second-order valence-electron chi connectivity index (χ2n) is 5.30. The van der Waals surface area contributed by atoms with Crippen LogP contribution in [0.5, 0.6) is 0 Å². The van der Waals surface area contributed by atoms with E-state index in [2.05, 4.69) is 5.10 Å². The molecule has 0 bridgehead atoms. The van der Waals surface area contributed by atoms with E-state index in [9.17, 15) is 9.59 Å². The van der Waals surface area contributed by atoms with Crippen LogP contribution in [-0.2, 0) is 21.4 Å². The van der Waals surface area contributed by atoms with Crippen molar-refractivity contribution in [3.05, 3.63) is 18.0 Å². The average molecular weight is 294 g/mol. The van der Waals surface area contributed by atoms with Gasteiger partial charge in [0.15, 0.2) is 0 Å². The van der Waals surface area contributed by atoms with Gasteiger partial charge in [-0.05, 0) is 19.8 Å². The maximum Gasteiger partial charge on any atom is 0.310 e. The van der Waals surface area contributed by atoms with E-state index in [1.165, 1.54) is 0 Å². The number of hydrogen-bond acceptors (Lipinski definition) is 5. The lowest BCUT2D eigenvalue weighted by atomic mass is 9.97. The van der Waals surface area contributed by atoms with E-state index in [4.69, 9.17) is 10.5 Å². The minimum absolute atomic E-state index is 0.169. The van der Waals surface area contributed by atoms with Gasteiger partial charge in [0.2, 0.25) is 5.91 Å². The van der Waals surface area contributed by atoms with Crippen LogP contribution in [0.15, 0.2) is 12.4 Å². The first kappa shape index (κ1) is 15.5. The highest BCUT2D eigenvalue weighted by molar-refractivity contribution is 5.84. The molecule has 116 valence electrons. The third-order valence-corrected chi connectivity index (χ3v) is 3.70. The van der Waals surface area contributed by atoms with Crippen molar-refractivity contribution in [1.82, 2.24) is 14.7 Å². The Kier molecular flexibility index (Phi) is 4.95. The molecule has 0 radical (unpaired) electrons. The lowest BCUT2D eigenvalue weighted by Gasteiger charge is -2.33. The summed E-state index contributed by atoms with van der Waals surface area (Å²) in [4.78, 5) is 25.9. The van der Waals surface area contributed by atoms with Gasteiger partial charge < -0.3 is 15.4 Å². The highest BCUT2D eigenvalue weighted by Gasteiger charge is 2.32. The van der Waals surface area contributed by atoms with Gasteiger partial charge in [-0.15, -0.1) is 0 Å². The van der Waals surface area contributed by atoms with Crippen molar-refractivity contribution in [2.45, 2.75) is 25.8 Å². The Morgan fingerprint density at radius 1 is 1.57 bits per heavy atom. The first-order chi connectivity index (χ1) is 10.0. The molecule has 2 atom stereocenters. The number of rotatable bonds is 4. The Balaban J connectivity index is 2.00. The SMILES string of the molecule is CCOC(=O)C1CCCN(C(=O)C(N)c2cnn(C)c2)C1. The van der Waals surface area contributed by atoms with Crippen molar-refractivity contribution in [2.75, 3.05) is 19.7 Å². The van der Waals surface area contributed by atoms with Crippen LogP contribution in [0.2, 0.25) is 0 Å². The zero-order valence-corrected chi connectivity index (χ0v) is 12.5. The number of esters is 1. The summed E-state index contributed by atoms with van der Waals surface area (Å²) < 4.78 is 6.65. The second kappa shape index (κ2) is 6.71. The third kappa shape index (κ3) is 3.60. The van der Waals surface area contributed by atoms with E-state index in [1.54, 1.807) is 35.9 Å². The molecule has 0 spiro atoms. The molecular weight excluding hydrogens is 272 g/mol. The van der Waals surface area contributed by atoms with E-state index < -0.39 is 6.04 Å². The summed E-state index contributed by atoms with van der Waals surface area (Å²) in [5, 5.41) is 4.02. The first-order valence-corrected chi connectivity index (χ1v) is 7.22. The van der Waals surface area contributed by atoms with Crippen LogP contribution < -0.4 is 5.73 Å². The Morgan fingerprint density at radius 2 is 2.33 bits per heavy atom. The molecule has 2 rings (SSSR count). The first-order valence-electron chi connectivity index (χ1n) is 7.22. The van der Waals surface area contributed by atoms with Crippen LogP contribution >= 0.6 is 0 Å². The zero-order chi connectivity index (χ0) is 15.4. The number of piperidine rings is 1. The highest BCUT2D eigenvalue weighted by Crippen LogP contribution is 2.21. The van der Waals surface area contributed by atoms with Crippen molar-refractivity contribution in [1.29, 1.82) is 0 Å². The number of aromatic nitrogens is 2. The summed E-state index contributed by atoms with van der Waals surface area (Å²) in [5.74, 6) is -0.648. The molecule has 1 amide bonds. The van der Waals surface area contributed by atoms with Gasteiger partial charge in [-0.2, -0.15) is 5.10 Å². The number of carbonyl (C=O) groups is 2. The number of nitrogens with two attached hydrogens (primary N) is 1. The van der Waals surface area contributed by atoms with Crippen molar-refractivity contribution in [2.24, 2.45) is 18.7 Å². The molecule has 1 saturated heterocycles. The smallest absolute Gasteiger partial charge is 0.310 e. The fourth-order valence-electron chi connectivity index (χ4n) is 2.57. The van der Waals surface area contributed by atoms with Crippen LogP contribution in [0.4, 0.5) is 0 Å². The van der Waals surface area contributed by atoms with E-state index in [1.807, 2.05) is 0 Å². The Morgan fingerprint density at radius 3 is 2.95 bits per heavy atom. The highest BCUT2D eigenvalue weighted by atomic mass is 16.5. The van der Waals surface area contributed by atoms with Gasteiger partial charge in [0.25, 0.3) is 0 Å². The van der Waals surface area contributed by atoms with Crippen molar-refractivity contribution >= 4 is 11.9 Å². The van der Waals surface area contributed by atoms with Gasteiger partial charge >= 0.3 is 5.97 Å². The Hall–Kier alpha value is -1.89. The van der Waals surface area contributed by atoms with Crippen LogP contribution in [0, 0.1) is 5.92 Å². The quantitative estimate of drug-likeness (QED) is 0.802. The predicted molar refractivity (Wildman–Crippen MR) is 76.1 cm³/mol. The second-order valence-corrected chi connectivity index (χ2v) is 5.30. The lowest BCUT2D eigenvalue weighted by Crippen LogP contribution is -2.46. The number of amides is 1. The van der Waals surface area contributed by atoms with Crippen LogP contribution in [0.3, 0.4) is 0 Å². The number of ether oxygens (including phenoxy) is 1. The molecular formula is C14H22N4O3. The third-order valence-electron chi connectivity index (χ3n) is 3.70. The van der Waals surface area contributed by atoms with E-state index in [-0.39, 0.29) is 17.8 Å². The molecule has 0 saturated carbocycles. The molecule has 0 aromatic carbocycles. The summed E-state index contributed by atoms with van der Waals surface area (Å²) in [6.45, 7) is 3.15. The van der Waals surface area contributed by atoms with E-state index >= 15 is 0 Å². The monoisotopic (exact) mass is 294 g/mol. The summed E-state index contributed by atoms with van der Waals surface area (Å²) >= 11 is 0. The maximum atomic E-state index is 12.4. The van der Waals surface area contributed by atoms with Gasteiger partial charge in [-0.3, -0.25) is 14.3 Å². The summed E-state index contributed by atoms with van der Waals surface area (Å²) in [6, 6.07) is -0.736. The van der Waals surface area contributed by atoms with Crippen LogP contribution in [0.25, 0.3) is 0 Å². The fraction of sp³-hybridized carbons (Fsp3) is 0.643. The fourth-order valence-corrected chi connectivity index (χ4v) is 2.57. The van der Waals surface area contributed by atoms with Crippen LogP contribution in [-0.4, -0.2) is 46.3 Å². The molecule has 2 heterocycles. The van der Waals surface area contributed by atoms with Crippen molar-refractivity contribution < 1.29 is 14.3 Å². The molecule has 1 aromatic rings. The Bertz CT molecular complexity index is 514. The number of nitrogens with zero attached hydrogens (tertiary/aromatic N) is 3. The molecule has 2 N–H and O–H groups in total. The van der Waals surface area contributed by atoms with Gasteiger partial charge in [-0.25, -0.2) is 0 Å². The number of aryl methyl sites for hydroxylation is 1. The molecule has 2 unspecified atom stereocenters. The molecule has 0 aliphatic carbocycles. The van der Waals surface area contributed by atoms with Gasteiger partial charge in [0.05, 0.1) is 18.7 Å². The number of likely N-dealkylation sites (tertiary alicyclic amines) is 1. The molecule has 1 aromatic heterocycles. The minimum Gasteiger partial charge on any atom is -0.466 e. The summed E-state index contributed by atoms with van der Waals surface area (Å²) in [5.41, 5.74) is 6.68. The topological polar surface area (TPSA) is 90.4 Å². The molecule has 1 aliphatic rings. The minimum atomic E-state index is -0.736. The predicted octanol–water partition coefficient (Wildman–Crippen LogP) is 0.222. The molecule has 1 fully saturated rings. The molecule has 1 aliphatic heterocycles. The number of carbonyl (C=O) groups excluding carboxylic acids is 2. The molecule has 21 heavy (non-hydrogen) atoms. The average Bonchev–Trinajstić information content (AvgIpc) is 2.92. The summed E-state index contributed by atoms with van der Waals surface area (Å²) in [7, 11) is 1.78. The largest absolute Gasteiger partial charge is 0.466 e. The molecule has 7 heteroatoms. The van der Waals surface area contributed by atoms with Gasteiger partial charge in [0, 0.05) is 31.9 Å². The van der Waals surface area contributed by atoms with E-state index in [0.29, 0.717) is 25.3 Å². The number of hydrogen-bond donors (Lipinski definition) is 1. The van der Waals surface area contributed by atoms with Crippen molar-refractivity contribution in [3.8, 4) is 0 Å². The van der Waals surface area contributed by atoms with Gasteiger partial charge in [0.1, 0.15) is 6.04 Å². The van der Waals surface area contributed by atoms with Crippen molar-refractivity contribution in [3.63, 3.8) is 0 Å².